The molecule has 1 saturated heterocycles. The molecule has 3 amide bonds. The number of imide groups is 1. The average Bonchev–Trinajstić information content (AvgIpc) is 3.69. The molecule has 2 saturated carbocycles. The van der Waals surface area contributed by atoms with Gasteiger partial charge >= 0.3 is 5.97 Å². The van der Waals surface area contributed by atoms with Gasteiger partial charge < -0.3 is 20.4 Å². The molecule has 2 unspecified atom stereocenters. The Hall–Kier alpha value is -3.73. The van der Waals surface area contributed by atoms with Crippen molar-refractivity contribution < 1.29 is 56.1 Å². The predicted octanol–water partition coefficient (Wildman–Crippen LogP) is 3.65. The van der Waals surface area contributed by atoms with Gasteiger partial charge in [-0.1, -0.05) is 69.3 Å². The van der Waals surface area contributed by atoms with Crippen molar-refractivity contribution in [3.05, 3.63) is 24.3 Å². The maximum atomic E-state index is 11.9. The second kappa shape index (κ2) is 23.9. The second-order valence-electron chi connectivity index (χ2n) is 14.4. The lowest BCUT2D eigenvalue weighted by atomic mass is 9.96. The van der Waals surface area contributed by atoms with Crippen molar-refractivity contribution in [2.24, 2.45) is 17.6 Å². The molecule has 54 heavy (non-hydrogen) atoms. The summed E-state index contributed by atoms with van der Waals surface area (Å²) in [5.41, 5.74) is 5.80. The lowest BCUT2D eigenvalue weighted by Crippen LogP contribution is -2.35. The summed E-state index contributed by atoms with van der Waals surface area (Å²) in [4.78, 5) is 97.0. The van der Waals surface area contributed by atoms with E-state index in [9.17, 15) is 47.1 Å². The molecule has 0 radical (unpaired) electrons. The number of hydrogen-bond acceptors (Lipinski definition) is 13. The molecule has 3 fully saturated rings. The van der Waals surface area contributed by atoms with E-state index < -0.39 is 53.5 Å². The molecular weight excluding hydrogens is 722 g/mol. The van der Waals surface area contributed by atoms with Gasteiger partial charge in [0.1, 0.15) is 0 Å². The minimum Gasteiger partial charge on any atom is -0.750 e. The first-order valence-corrected chi connectivity index (χ1v) is 20.3. The standard InChI is InChI=1S/C17H25NO3.C13H13NO9S.C8H17N/c19-15-11-12-16(20)14(15)9-6-10-17(21)18-13-7-4-2-1-3-5-8-13;15-8-4-5-9(16)7(8)2-1-3-12(18)22-14-11(17)6-10(13(14)19)23-24(20)21;9-8-6-4-2-1-3-5-7-8/h11-14H,1-10H2,(H,18,21);4-5,7,10H,1-3,6H2,(H,20,21);8H,1-7,9H2/p-1. The number of carbonyl (C=O) groups excluding carboxylic acids is 8. The number of allylic oxidation sites excluding steroid dienone is 4. The van der Waals surface area contributed by atoms with Gasteiger partial charge in [-0.05, 0) is 75.7 Å². The van der Waals surface area contributed by atoms with Crippen LogP contribution in [0.25, 0.3) is 0 Å². The summed E-state index contributed by atoms with van der Waals surface area (Å²) in [5, 5.41) is 3.27. The Kier molecular flexibility index (Phi) is 19.8. The highest BCUT2D eigenvalue weighted by Gasteiger charge is 2.43. The molecular formula is C38H54N3O12S-. The first-order valence-electron chi connectivity index (χ1n) is 19.3. The van der Waals surface area contributed by atoms with Gasteiger partial charge in [0.2, 0.25) is 5.91 Å². The molecule has 3 N–H and O–H groups in total. The summed E-state index contributed by atoms with van der Waals surface area (Å²) in [6, 6.07) is 0.833. The van der Waals surface area contributed by atoms with Crippen LogP contribution in [0, 0.1) is 11.8 Å². The van der Waals surface area contributed by atoms with Crippen molar-refractivity contribution in [3.63, 3.8) is 0 Å². The van der Waals surface area contributed by atoms with Gasteiger partial charge in [-0.3, -0.25) is 37.7 Å². The molecule has 0 aromatic rings. The number of rotatable bonds is 12. The van der Waals surface area contributed by atoms with Gasteiger partial charge in [0.25, 0.3) is 11.8 Å². The fourth-order valence-electron chi connectivity index (χ4n) is 6.94. The van der Waals surface area contributed by atoms with Gasteiger partial charge in [-0.15, -0.1) is 0 Å². The first-order chi connectivity index (χ1) is 25.8. The van der Waals surface area contributed by atoms with Crippen molar-refractivity contribution in [2.45, 2.75) is 153 Å². The predicted molar refractivity (Wildman–Crippen MR) is 194 cm³/mol. The van der Waals surface area contributed by atoms with E-state index in [0.29, 0.717) is 31.3 Å². The Morgan fingerprint density at radius 2 is 1.17 bits per heavy atom. The van der Waals surface area contributed by atoms with Crippen molar-refractivity contribution >= 4 is 58.2 Å². The topological polar surface area (TPSA) is 236 Å². The number of hydrogen-bond donors (Lipinski definition) is 2. The van der Waals surface area contributed by atoms with Crippen LogP contribution in [-0.2, 0) is 58.7 Å². The summed E-state index contributed by atoms with van der Waals surface area (Å²) in [6.45, 7) is 0. The maximum absolute atomic E-state index is 11.9. The zero-order valence-corrected chi connectivity index (χ0v) is 31.7. The van der Waals surface area contributed by atoms with Crippen molar-refractivity contribution in [3.8, 4) is 0 Å². The molecule has 0 aromatic heterocycles. The molecule has 5 aliphatic rings. The molecule has 1 aliphatic heterocycles. The second-order valence-corrected chi connectivity index (χ2v) is 15.0. The number of carbonyl (C=O) groups is 8. The van der Waals surface area contributed by atoms with E-state index >= 15 is 0 Å². The van der Waals surface area contributed by atoms with E-state index in [-0.39, 0.29) is 53.4 Å². The normalized spacial score (nSPS) is 22.5. The third kappa shape index (κ3) is 15.9. The molecule has 16 heteroatoms. The van der Waals surface area contributed by atoms with Gasteiger partial charge in [0, 0.05) is 24.9 Å². The summed E-state index contributed by atoms with van der Waals surface area (Å²) in [7, 11) is 0. The smallest absolute Gasteiger partial charge is 0.333 e. The van der Waals surface area contributed by atoms with Crippen LogP contribution in [0.1, 0.15) is 135 Å². The van der Waals surface area contributed by atoms with Gasteiger partial charge in [0.05, 0.1) is 29.6 Å². The van der Waals surface area contributed by atoms with Crippen LogP contribution in [-0.4, -0.2) is 78.8 Å². The number of nitrogens with zero attached hydrogens (tertiary/aromatic N) is 1. The van der Waals surface area contributed by atoms with E-state index in [1.54, 1.807) is 0 Å². The van der Waals surface area contributed by atoms with Crippen LogP contribution in [0.5, 0.6) is 0 Å². The molecule has 0 bridgehead atoms. The maximum Gasteiger partial charge on any atom is 0.333 e. The van der Waals surface area contributed by atoms with Gasteiger partial charge in [0.15, 0.2) is 29.2 Å². The quantitative estimate of drug-likeness (QED) is 0.164. The lowest BCUT2D eigenvalue weighted by Gasteiger charge is -2.21. The summed E-state index contributed by atoms with van der Waals surface area (Å²) in [6.07, 6.45) is 22.4. The molecule has 5 rings (SSSR count). The molecule has 0 spiro atoms. The Labute approximate surface area is 319 Å². The van der Waals surface area contributed by atoms with E-state index in [4.69, 9.17) is 5.73 Å². The Bertz CT molecular complexity index is 1390. The van der Waals surface area contributed by atoms with Crippen LogP contribution in [0.3, 0.4) is 0 Å². The van der Waals surface area contributed by atoms with Gasteiger partial charge in [-0.25, -0.2) is 9.00 Å². The van der Waals surface area contributed by atoms with Crippen LogP contribution in [0.15, 0.2) is 24.3 Å². The molecule has 300 valence electrons. The van der Waals surface area contributed by atoms with E-state index in [1.165, 1.54) is 101 Å². The van der Waals surface area contributed by atoms with E-state index in [0.717, 1.165) is 12.8 Å². The van der Waals surface area contributed by atoms with Crippen LogP contribution >= 0.6 is 0 Å². The summed E-state index contributed by atoms with van der Waals surface area (Å²) < 4.78 is 25.0. The Morgan fingerprint density at radius 1 is 0.722 bits per heavy atom. The zero-order valence-electron chi connectivity index (χ0n) is 30.9. The van der Waals surface area contributed by atoms with Crippen molar-refractivity contribution in [1.29, 1.82) is 0 Å². The van der Waals surface area contributed by atoms with Crippen molar-refractivity contribution in [1.82, 2.24) is 10.4 Å². The molecule has 15 nitrogen and oxygen atoms in total. The Morgan fingerprint density at radius 3 is 1.65 bits per heavy atom. The van der Waals surface area contributed by atoms with Crippen LogP contribution in [0.2, 0.25) is 0 Å². The minimum atomic E-state index is -2.99. The van der Waals surface area contributed by atoms with E-state index in [2.05, 4.69) is 14.3 Å². The number of nitrogens with two attached hydrogens (primary N) is 1. The molecule has 4 aliphatic carbocycles. The van der Waals surface area contributed by atoms with E-state index in [1.807, 2.05) is 0 Å². The zero-order chi connectivity index (χ0) is 39.5. The number of amides is 3. The number of hydroxylamine groups is 2. The first kappa shape index (κ1) is 44.7. The third-order valence-electron chi connectivity index (χ3n) is 10.0. The highest BCUT2D eigenvalue weighted by atomic mass is 32.2. The lowest BCUT2D eigenvalue weighted by molar-refractivity contribution is -0.198. The number of ketones is 4. The fraction of sp³-hybridized carbons (Fsp3) is 0.684. The van der Waals surface area contributed by atoms with Crippen LogP contribution < -0.4 is 11.1 Å². The largest absolute Gasteiger partial charge is 0.750 e. The SMILES string of the molecule is NC1CCCCCCC1.O=C(CCCC1C(=O)C=CC1=O)NC1CCCCCCC1.O=C(CCCC1C(=O)C=CC1=O)ON1C(=O)CC(OS(=O)[O-])C1=O. The molecule has 0 aromatic carbocycles. The minimum absolute atomic E-state index is 0.0615. The molecule has 1 heterocycles. The van der Waals surface area contributed by atoms with Crippen LogP contribution in [0.4, 0.5) is 0 Å². The highest BCUT2D eigenvalue weighted by molar-refractivity contribution is 7.74. The number of nitrogens with one attached hydrogen (secondary N) is 1. The monoisotopic (exact) mass is 776 g/mol. The summed E-state index contributed by atoms with van der Waals surface area (Å²) >= 11 is -2.99. The van der Waals surface area contributed by atoms with Crippen molar-refractivity contribution in [2.75, 3.05) is 0 Å². The van der Waals surface area contributed by atoms with Gasteiger partial charge in [-0.2, -0.15) is 0 Å². The Balaban J connectivity index is 0.000000238. The third-order valence-corrected chi connectivity index (χ3v) is 10.4. The summed E-state index contributed by atoms with van der Waals surface area (Å²) in [5.74, 6) is -5.08. The molecule has 2 atom stereocenters. The highest BCUT2D eigenvalue weighted by Crippen LogP contribution is 2.22. The average molecular weight is 777 g/mol. The fourth-order valence-corrected chi connectivity index (χ4v) is 7.28.